The first-order valence-electron chi connectivity index (χ1n) is 8.52. The normalized spacial score (nSPS) is 11.0. The monoisotopic (exact) mass is 435 g/mol. The van der Waals surface area contributed by atoms with E-state index in [0.717, 1.165) is 27.2 Å². The number of methoxy groups -OCH3 is 1. The van der Waals surface area contributed by atoms with Gasteiger partial charge in [-0.05, 0) is 67.1 Å². The molecule has 0 saturated heterocycles. The SMILES string of the molecule is COc1ccc(-n2cc(/C=C(\C#N)C(=O)Nc3cccc(Br)c3)cc2C)cc1. The van der Waals surface area contributed by atoms with E-state index in [1.54, 1.807) is 25.3 Å². The lowest BCUT2D eigenvalue weighted by Gasteiger charge is -2.07. The van der Waals surface area contributed by atoms with E-state index >= 15 is 0 Å². The van der Waals surface area contributed by atoms with Crippen LogP contribution in [0.25, 0.3) is 11.8 Å². The van der Waals surface area contributed by atoms with Gasteiger partial charge in [-0.25, -0.2) is 0 Å². The fourth-order valence-corrected chi connectivity index (χ4v) is 3.18. The Morgan fingerprint density at radius 2 is 1.96 bits per heavy atom. The van der Waals surface area contributed by atoms with Crippen molar-refractivity contribution in [1.82, 2.24) is 4.57 Å². The second kappa shape index (κ2) is 8.59. The van der Waals surface area contributed by atoms with Crippen molar-refractivity contribution >= 4 is 33.6 Å². The molecule has 28 heavy (non-hydrogen) atoms. The van der Waals surface area contributed by atoms with Crippen LogP contribution in [0.5, 0.6) is 5.75 Å². The molecule has 5 nitrogen and oxygen atoms in total. The number of nitriles is 1. The minimum absolute atomic E-state index is 0.0341. The quantitative estimate of drug-likeness (QED) is 0.447. The van der Waals surface area contributed by atoms with Crippen molar-refractivity contribution in [3.8, 4) is 17.5 Å². The minimum Gasteiger partial charge on any atom is -0.497 e. The van der Waals surface area contributed by atoms with Crippen LogP contribution >= 0.6 is 15.9 Å². The van der Waals surface area contributed by atoms with Crippen molar-refractivity contribution in [2.45, 2.75) is 6.92 Å². The second-order valence-electron chi connectivity index (χ2n) is 6.12. The van der Waals surface area contributed by atoms with Gasteiger partial charge in [0.2, 0.25) is 0 Å². The van der Waals surface area contributed by atoms with Crippen LogP contribution in [0.1, 0.15) is 11.3 Å². The fraction of sp³-hybridized carbons (Fsp3) is 0.0909. The molecule has 140 valence electrons. The summed E-state index contributed by atoms with van der Waals surface area (Å²) in [6, 6.07) is 18.8. The molecule has 2 aromatic carbocycles. The molecule has 0 aliphatic carbocycles. The Balaban J connectivity index is 1.84. The molecule has 0 unspecified atom stereocenters. The number of rotatable bonds is 5. The summed E-state index contributed by atoms with van der Waals surface area (Å²) in [5.74, 6) is 0.333. The molecule has 6 heteroatoms. The maximum Gasteiger partial charge on any atom is 0.266 e. The molecule has 0 radical (unpaired) electrons. The van der Waals surface area contributed by atoms with Crippen LogP contribution in [-0.4, -0.2) is 17.6 Å². The number of nitrogens with zero attached hydrogens (tertiary/aromatic N) is 2. The van der Waals surface area contributed by atoms with Crippen LogP contribution < -0.4 is 10.1 Å². The number of aryl methyl sites for hydroxylation is 1. The maximum absolute atomic E-state index is 12.5. The lowest BCUT2D eigenvalue weighted by molar-refractivity contribution is -0.112. The molecule has 0 bridgehead atoms. The van der Waals surface area contributed by atoms with Gasteiger partial charge in [0.25, 0.3) is 5.91 Å². The van der Waals surface area contributed by atoms with Crippen LogP contribution in [0, 0.1) is 18.3 Å². The molecule has 0 spiro atoms. The van der Waals surface area contributed by atoms with E-state index in [4.69, 9.17) is 4.74 Å². The van der Waals surface area contributed by atoms with Crippen LogP contribution in [-0.2, 0) is 4.79 Å². The third-order valence-electron chi connectivity index (χ3n) is 4.14. The zero-order chi connectivity index (χ0) is 20.1. The van der Waals surface area contributed by atoms with E-state index in [-0.39, 0.29) is 5.57 Å². The first-order valence-corrected chi connectivity index (χ1v) is 9.31. The van der Waals surface area contributed by atoms with Gasteiger partial charge in [-0.1, -0.05) is 22.0 Å². The first kappa shape index (κ1) is 19.5. The van der Waals surface area contributed by atoms with Gasteiger partial charge in [-0.3, -0.25) is 4.79 Å². The maximum atomic E-state index is 12.5. The van der Waals surface area contributed by atoms with Crippen molar-refractivity contribution in [3.63, 3.8) is 0 Å². The summed E-state index contributed by atoms with van der Waals surface area (Å²) in [6.45, 7) is 1.97. The Hall–Kier alpha value is -3.30. The number of hydrogen-bond acceptors (Lipinski definition) is 3. The molecule has 1 heterocycles. The number of halogens is 1. The molecule has 0 saturated carbocycles. The number of ether oxygens (including phenoxy) is 1. The van der Waals surface area contributed by atoms with Crippen molar-refractivity contribution in [1.29, 1.82) is 5.26 Å². The van der Waals surface area contributed by atoms with Gasteiger partial charge in [-0.2, -0.15) is 5.26 Å². The van der Waals surface area contributed by atoms with E-state index in [0.29, 0.717) is 5.69 Å². The fourth-order valence-electron chi connectivity index (χ4n) is 2.78. The van der Waals surface area contributed by atoms with E-state index in [2.05, 4.69) is 21.2 Å². The predicted molar refractivity (Wildman–Crippen MR) is 113 cm³/mol. The summed E-state index contributed by atoms with van der Waals surface area (Å²) in [6.07, 6.45) is 3.47. The molecule has 3 rings (SSSR count). The molecular weight excluding hydrogens is 418 g/mol. The van der Waals surface area contributed by atoms with Gasteiger partial charge in [0.1, 0.15) is 17.4 Å². The highest BCUT2D eigenvalue weighted by Crippen LogP contribution is 2.21. The number of benzene rings is 2. The van der Waals surface area contributed by atoms with Crippen molar-refractivity contribution in [3.05, 3.63) is 82.1 Å². The summed E-state index contributed by atoms with van der Waals surface area (Å²) in [4.78, 5) is 12.5. The number of carbonyl (C=O) groups excluding carboxylic acids is 1. The highest BCUT2D eigenvalue weighted by Gasteiger charge is 2.11. The average molecular weight is 436 g/mol. The van der Waals surface area contributed by atoms with E-state index in [1.165, 1.54) is 0 Å². The summed E-state index contributed by atoms with van der Waals surface area (Å²) in [5, 5.41) is 12.2. The summed E-state index contributed by atoms with van der Waals surface area (Å²) in [5.41, 5.74) is 3.38. The van der Waals surface area contributed by atoms with Gasteiger partial charge in [0, 0.05) is 27.7 Å². The predicted octanol–water partition coefficient (Wildman–Crippen LogP) is 5.10. The molecule has 0 aliphatic rings. The zero-order valence-electron chi connectivity index (χ0n) is 15.4. The third-order valence-corrected chi connectivity index (χ3v) is 4.64. The van der Waals surface area contributed by atoms with Gasteiger partial charge in [0.05, 0.1) is 7.11 Å². The number of carbonyl (C=O) groups is 1. The molecule has 1 amide bonds. The van der Waals surface area contributed by atoms with E-state index < -0.39 is 5.91 Å². The lowest BCUT2D eigenvalue weighted by atomic mass is 10.2. The minimum atomic E-state index is -0.449. The van der Waals surface area contributed by atoms with Gasteiger partial charge in [0.15, 0.2) is 0 Å². The van der Waals surface area contributed by atoms with Crippen LogP contribution in [0.2, 0.25) is 0 Å². The van der Waals surface area contributed by atoms with Crippen LogP contribution in [0.3, 0.4) is 0 Å². The Morgan fingerprint density at radius 1 is 1.21 bits per heavy atom. The smallest absolute Gasteiger partial charge is 0.266 e. The van der Waals surface area contributed by atoms with Gasteiger partial charge >= 0.3 is 0 Å². The molecule has 0 aliphatic heterocycles. The second-order valence-corrected chi connectivity index (χ2v) is 7.03. The Kier molecular flexibility index (Phi) is 5.97. The highest BCUT2D eigenvalue weighted by atomic mass is 79.9. The summed E-state index contributed by atoms with van der Waals surface area (Å²) >= 11 is 3.36. The number of amides is 1. The van der Waals surface area contributed by atoms with Crippen molar-refractivity contribution in [2.75, 3.05) is 12.4 Å². The Labute approximate surface area is 172 Å². The van der Waals surface area contributed by atoms with Crippen LogP contribution in [0.15, 0.2) is 70.8 Å². The largest absolute Gasteiger partial charge is 0.497 e. The number of aromatic nitrogens is 1. The van der Waals surface area contributed by atoms with Gasteiger partial charge in [-0.15, -0.1) is 0 Å². The lowest BCUT2D eigenvalue weighted by Crippen LogP contribution is -2.13. The molecule has 1 aromatic heterocycles. The van der Waals surface area contributed by atoms with Crippen molar-refractivity contribution < 1.29 is 9.53 Å². The number of anilines is 1. The summed E-state index contributed by atoms with van der Waals surface area (Å²) < 4.78 is 8.03. The third kappa shape index (κ3) is 4.51. The number of nitrogens with one attached hydrogen (secondary N) is 1. The van der Waals surface area contributed by atoms with E-state index in [1.807, 2.05) is 66.2 Å². The Bertz CT molecular complexity index is 1080. The average Bonchev–Trinajstić information content (AvgIpc) is 3.06. The molecule has 1 N–H and O–H groups in total. The standard InChI is InChI=1S/C22H18BrN3O2/c1-15-10-16(14-26(15)20-6-8-21(28-2)9-7-20)11-17(13-24)22(27)25-19-5-3-4-18(23)12-19/h3-12,14H,1-2H3,(H,25,27)/b17-11+. The topological polar surface area (TPSA) is 67.0 Å². The van der Waals surface area contributed by atoms with E-state index in [9.17, 15) is 10.1 Å². The van der Waals surface area contributed by atoms with Gasteiger partial charge < -0.3 is 14.6 Å². The zero-order valence-corrected chi connectivity index (χ0v) is 17.0. The molecule has 3 aromatic rings. The van der Waals surface area contributed by atoms with Crippen molar-refractivity contribution in [2.24, 2.45) is 0 Å². The molecule has 0 atom stereocenters. The highest BCUT2D eigenvalue weighted by molar-refractivity contribution is 9.10. The number of hydrogen-bond donors (Lipinski definition) is 1. The Morgan fingerprint density at radius 3 is 2.61 bits per heavy atom. The first-order chi connectivity index (χ1) is 13.5. The molecular formula is C22H18BrN3O2. The molecule has 0 fully saturated rings. The summed E-state index contributed by atoms with van der Waals surface area (Å²) in [7, 11) is 1.63. The van der Waals surface area contributed by atoms with Crippen LogP contribution in [0.4, 0.5) is 5.69 Å².